The van der Waals surface area contributed by atoms with Crippen molar-refractivity contribution in [2.75, 3.05) is 7.11 Å². The molecule has 0 radical (unpaired) electrons. The number of fused-ring (bicyclic) bond motifs is 1. The number of methoxy groups -OCH3 is 1. The number of hydrogen-bond acceptors (Lipinski definition) is 4. The van der Waals surface area contributed by atoms with Crippen LogP contribution in [0.4, 0.5) is 0 Å². The number of rotatable bonds is 3. The molecule has 0 fully saturated rings. The largest absolute Gasteiger partial charge is 0.481 e. The predicted octanol–water partition coefficient (Wildman–Crippen LogP) is 2.50. The van der Waals surface area contributed by atoms with Gasteiger partial charge in [0.1, 0.15) is 11.6 Å². The third-order valence-corrected chi connectivity index (χ3v) is 3.01. The smallest absolute Gasteiger partial charge is 0.214 e. The molecule has 5 heteroatoms. The van der Waals surface area contributed by atoms with Crippen molar-refractivity contribution in [2.24, 2.45) is 0 Å². The number of hydrogen-bond donors (Lipinski definition) is 0. The second kappa shape index (κ2) is 5.02. The molecule has 0 bridgehead atoms. The molecule has 0 aliphatic rings. The lowest BCUT2D eigenvalue weighted by Gasteiger charge is -2.07. The van der Waals surface area contributed by atoms with Crippen LogP contribution in [0.25, 0.3) is 16.9 Å². The summed E-state index contributed by atoms with van der Waals surface area (Å²) in [6.07, 6.45) is 0.230. The number of aromatic nitrogens is 3. The quantitative estimate of drug-likeness (QED) is 0.729. The van der Waals surface area contributed by atoms with Crippen molar-refractivity contribution in [1.29, 1.82) is 5.26 Å². The fraction of sp³-hybridized carbons (Fsp3) is 0.133. The van der Waals surface area contributed by atoms with Gasteiger partial charge in [-0.3, -0.25) is 4.57 Å². The highest BCUT2D eigenvalue weighted by atomic mass is 16.5. The van der Waals surface area contributed by atoms with Crippen LogP contribution in [0.1, 0.15) is 5.82 Å². The summed E-state index contributed by atoms with van der Waals surface area (Å²) in [5.41, 5.74) is 1.78. The predicted molar refractivity (Wildman–Crippen MR) is 74.7 cm³/mol. The topological polar surface area (TPSA) is 63.7 Å². The Morgan fingerprint density at radius 1 is 1.15 bits per heavy atom. The van der Waals surface area contributed by atoms with Crippen molar-refractivity contribution in [2.45, 2.75) is 6.42 Å². The lowest BCUT2D eigenvalue weighted by atomic mass is 10.3. The molecule has 1 aromatic carbocycles. The van der Waals surface area contributed by atoms with Gasteiger partial charge in [0.25, 0.3) is 0 Å². The molecule has 2 aromatic heterocycles. The minimum absolute atomic E-state index is 0.230. The summed E-state index contributed by atoms with van der Waals surface area (Å²) in [6.45, 7) is 0. The van der Waals surface area contributed by atoms with E-state index in [9.17, 15) is 0 Å². The van der Waals surface area contributed by atoms with Crippen LogP contribution in [-0.2, 0) is 6.42 Å². The summed E-state index contributed by atoms with van der Waals surface area (Å²) in [6, 6.07) is 15.4. The maximum absolute atomic E-state index is 8.97. The first-order valence-corrected chi connectivity index (χ1v) is 6.18. The van der Waals surface area contributed by atoms with Crippen molar-refractivity contribution in [3.05, 3.63) is 48.3 Å². The zero-order chi connectivity index (χ0) is 13.9. The molecular formula is C15H12N4O. The first-order valence-electron chi connectivity index (χ1n) is 6.18. The van der Waals surface area contributed by atoms with Crippen LogP contribution >= 0.6 is 0 Å². The van der Waals surface area contributed by atoms with Crippen LogP contribution in [0.15, 0.2) is 42.5 Å². The Hall–Kier alpha value is -2.87. The highest BCUT2D eigenvalue weighted by Gasteiger charge is 2.13. The van der Waals surface area contributed by atoms with Crippen LogP contribution in [0, 0.1) is 11.3 Å². The van der Waals surface area contributed by atoms with Gasteiger partial charge in [-0.2, -0.15) is 10.2 Å². The lowest BCUT2D eigenvalue weighted by Crippen LogP contribution is -2.03. The van der Waals surface area contributed by atoms with Crippen molar-refractivity contribution < 1.29 is 4.74 Å². The second-order valence-corrected chi connectivity index (χ2v) is 4.23. The molecule has 0 saturated heterocycles. The molecule has 3 aromatic rings. The van der Waals surface area contributed by atoms with Gasteiger partial charge in [0.2, 0.25) is 5.88 Å². The van der Waals surface area contributed by atoms with E-state index in [2.05, 4.69) is 16.0 Å². The fourth-order valence-electron chi connectivity index (χ4n) is 2.16. The normalized spacial score (nSPS) is 10.4. The highest BCUT2D eigenvalue weighted by molar-refractivity contribution is 5.77. The van der Waals surface area contributed by atoms with Gasteiger partial charge in [-0.1, -0.05) is 18.2 Å². The minimum Gasteiger partial charge on any atom is -0.481 e. The molecule has 3 rings (SSSR count). The highest BCUT2D eigenvalue weighted by Crippen LogP contribution is 2.21. The maximum atomic E-state index is 8.97. The Bertz CT molecular complexity index is 801. The van der Waals surface area contributed by atoms with Gasteiger partial charge in [-0.15, -0.1) is 0 Å². The molecule has 0 amide bonds. The van der Waals surface area contributed by atoms with E-state index in [-0.39, 0.29) is 6.42 Å². The molecule has 2 heterocycles. The number of pyridine rings is 1. The Morgan fingerprint density at radius 3 is 2.80 bits per heavy atom. The van der Waals surface area contributed by atoms with E-state index >= 15 is 0 Å². The molecular weight excluding hydrogens is 252 g/mol. The molecule has 20 heavy (non-hydrogen) atoms. The summed E-state index contributed by atoms with van der Waals surface area (Å²) < 4.78 is 7.04. The maximum Gasteiger partial charge on any atom is 0.214 e. The third kappa shape index (κ3) is 1.97. The number of nitrogens with zero attached hydrogens (tertiary/aromatic N) is 4. The van der Waals surface area contributed by atoms with Crippen molar-refractivity contribution in [3.8, 4) is 17.8 Å². The first kappa shape index (κ1) is 12.2. The van der Waals surface area contributed by atoms with E-state index in [1.807, 2.05) is 41.0 Å². The van der Waals surface area contributed by atoms with Crippen LogP contribution < -0.4 is 4.74 Å². The monoisotopic (exact) mass is 264 g/mol. The van der Waals surface area contributed by atoms with E-state index < -0.39 is 0 Å². The van der Waals surface area contributed by atoms with Crippen LogP contribution in [0.3, 0.4) is 0 Å². The van der Waals surface area contributed by atoms with Gasteiger partial charge >= 0.3 is 0 Å². The SMILES string of the molecule is COc1cccc(-n2c(CC#N)nc3ccccc32)n1. The number of ether oxygens (including phenoxy) is 1. The summed E-state index contributed by atoms with van der Waals surface area (Å²) in [5.74, 6) is 1.90. The molecule has 0 aliphatic carbocycles. The number of para-hydroxylation sites is 2. The standard InChI is InChI=1S/C15H12N4O/c1-20-15-8-4-7-13(18-15)19-12-6-3-2-5-11(12)17-14(19)9-10-16/h2-8H,9H2,1H3. The van der Waals surface area contributed by atoms with E-state index in [1.54, 1.807) is 13.2 Å². The lowest BCUT2D eigenvalue weighted by molar-refractivity contribution is 0.397. The zero-order valence-corrected chi connectivity index (χ0v) is 10.9. The summed E-state index contributed by atoms with van der Waals surface area (Å²) in [5, 5.41) is 8.97. The third-order valence-electron chi connectivity index (χ3n) is 3.01. The van der Waals surface area contributed by atoms with Crippen LogP contribution in [0.2, 0.25) is 0 Å². The summed E-state index contributed by atoms with van der Waals surface area (Å²) in [4.78, 5) is 8.91. The van der Waals surface area contributed by atoms with Gasteiger partial charge in [-0.05, 0) is 18.2 Å². The van der Waals surface area contributed by atoms with E-state index in [0.29, 0.717) is 17.5 Å². The molecule has 0 saturated carbocycles. The summed E-state index contributed by atoms with van der Waals surface area (Å²) >= 11 is 0. The first-order chi connectivity index (χ1) is 9.83. The Morgan fingerprint density at radius 2 is 2.00 bits per heavy atom. The van der Waals surface area contributed by atoms with Crippen LogP contribution in [-0.4, -0.2) is 21.6 Å². The van der Waals surface area contributed by atoms with Crippen molar-refractivity contribution >= 4 is 11.0 Å². The van der Waals surface area contributed by atoms with Crippen molar-refractivity contribution in [1.82, 2.24) is 14.5 Å². The van der Waals surface area contributed by atoms with Gasteiger partial charge in [0.15, 0.2) is 0 Å². The Labute approximate surface area is 116 Å². The van der Waals surface area contributed by atoms with E-state index in [0.717, 1.165) is 11.0 Å². The zero-order valence-electron chi connectivity index (χ0n) is 10.9. The van der Waals surface area contributed by atoms with Gasteiger partial charge in [0.05, 0.1) is 30.6 Å². The molecule has 0 spiro atoms. The molecule has 0 unspecified atom stereocenters. The summed E-state index contributed by atoms with van der Waals surface area (Å²) in [7, 11) is 1.58. The average Bonchev–Trinajstić information content (AvgIpc) is 2.85. The molecule has 5 nitrogen and oxygen atoms in total. The van der Waals surface area contributed by atoms with E-state index in [4.69, 9.17) is 10.00 Å². The minimum atomic E-state index is 0.230. The Balaban J connectivity index is 2.27. The average molecular weight is 264 g/mol. The molecule has 98 valence electrons. The molecule has 0 aliphatic heterocycles. The van der Waals surface area contributed by atoms with Gasteiger partial charge in [-0.25, -0.2) is 4.98 Å². The van der Waals surface area contributed by atoms with Crippen molar-refractivity contribution in [3.63, 3.8) is 0 Å². The number of benzene rings is 1. The Kier molecular flexibility index (Phi) is 3.05. The van der Waals surface area contributed by atoms with Gasteiger partial charge < -0.3 is 4.74 Å². The van der Waals surface area contributed by atoms with Crippen LogP contribution in [0.5, 0.6) is 5.88 Å². The number of nitriles is 1. The van der Waals surface area contributed by atoms with E-state index in [1.165, 1.54) is 0 Å². The molecule has 0 N–H and O–H groups in total. The number of imidazole rings is 1. The molecule has 0 atom stereocenters. The fourth-order valence-corrected chi connectivity index (χ4v) is 2.16. The van der Waals surface area contributed by atoms with Gasteiger partial charge in [0, 0.05) is 6.07 Å². The second-order valence-electron chi connectivity index (χ2n) is 4.23.